The fraction of sp³-hybridized carbons (Fsp3) is 0.316. The summed E-state index contributed by atoms with van der Waals surface area (Å²) in [6.45, 7) is 1.41. The Hall–Kier alpha value is -2.54. The van der Waals surface area contributed by atoms with Crippen LogP contribution >= 0.6 is 11.8 Å². The molecule has 1 fully saturated rings. The molecule has 26 heavy (non-hydrogen) atoms. The van der Waals surface area contributed by atoms with E-state index in [2.05, 4.69) is 15.6 Å². The summed E-state index contributed by atoms with van der Waals surface area (Å²) < 4.78 is 0. The van der Waals surface area contributed by atoms with E-state index in [1.165, 1.54) is 0 Å². The molecule has 0 saturated carbocycles. The number of benzene rings is 1. The van der Waals surface area contributed by atoms with Gasteiger partial charge in [-0.05, 0) is 17.7 Å². The highest BCUT2D eigenvalue weighted by molar-refractivity contribution is 7.99. The Kier molecular flexibility index (Phi) is 6.49. The van der Waals surface area contributed by atoms with Gasteiger partial charge in [0.05, 0.1) is 0 Å². The fourth-order valence-corrected chi connectivity index (χ4v) is 3.62. The number of carbonyl (C=O) groups excluding carboxylic acids is 2. The van der Waals surface area contributed by atoms with Crippen LogP contribution in [0.3, 0.4) is 0 Å². The van der Waals surface area contributed by atoms with Crippen LogP contribution in [0.4, 0.5) is 10.6 Å². The fourth-order valence-electron chi connectivity index (χ4n) is 2.72. The van der Waals surface area contributed by atoms with Crippen LogP contribution in [0.15, 0.2) is 54.7 Å². The third-order valence-corrected chi connectivity index (χ3v) is 5.05. The number of nitrogens with one attached hydrogen (secondary N) is 2. The van der Waals surface area contributed by atoms with Gasteiger partial charge in [0, 0.05) is 37.2 Å². The lowest BCUT2D eigenvalue weighted by Gasteiger charge is -2.28. The van der Waals surface area contributed by atoms with Crippen molar-refractivity contribution in [3.63, 3.8) is 0 Å². The molecular formula is C19H22N4O2S. The van der Waals surface area contributed by atoms with E-state index in [1.807, 2.05) is 42.1 Å². The number of nitrogens with zero attached hydrogens (tertiary/aromatic N) is 2. The molecule has 7 heteroatoms. The van der Waals surface area contributed by atoms with Crippen molar-refractivity contribution >= 4 is 29.5 Å². The monoisotopic (exact) mass is 370 g/mol. The van der Waals surface area contributed by atoms with Crippen LogP contribution in [0.5, 0.6) is 0 Å². The summed E-state index contributed by atoms with van der Waals surface area (Å²) in [4.78, 5) is 31.2. The number of aromatic nitrogens is 1. The number of amides is 3. The highest BCUT2D eigenvalue weighted by Crippen LogP contribution is 2.11. The first-order valence-corrected chi connectivity index (χ1v) is 9.77. The molecule has 3 amide bonds. The molecule has 0 radical (unpaired) electrons. The summed E-state index contributed by atoms with van der Waals surface area (Å²) in [5, 5.41) is 5.68. The minimum absolute atomic E-state index is 0.192. The Balaban J connectivity index is 1.70. The molecule has 0 spiro atoms. The van der Waals surface area contributed by atoms with E-state index in [1.54, 1.807) is 29.3 Å². The molecule has 1 atom stereocenters. The van der Waals surface area contributed by atoms with Gasteiger partial charge < -0.3 is 15.5 Å². The molecule has 2 heterocycles. The first-order valence-electron chi connectivity index (χ1n) is 8.61. The molecule has 2 aromatic rings. The van der Waals surface area contributed by atoms with Crippen LogP contribution in [-0.4, -0.2) is 52.5 Å². The molecule has 136 valence electrons. The molecule has 0 bridgehead atoms. The Labute approximate surface area is 157 Å². The van der Waals surface area contributed by atoms with Crippen LogP contribution in [-0.2, 0) is 11.2 Å². The maximum absolute atomic E-state index is 12.7. The lowest BCUT2D eigenvalue weighted by Crippen LogP contribution is -2.52. The number of hydrogen-bond donors (Lipinski definition) is 2. The number of rotatable bonds is 5. The summed E-state index contributed by atoms with van der Waals surface area (Å²) in [6.07, 6.45) is 2.04. The molecule has 0 aliphatic carbocycles. The van der Waals surface area contributed by atoms with E-state index in [-0.39, 0.29) is 11.9 Å². The van der Waals surface area contributed by atoms with E-state index in [0.717, 1.165) is 17.1 Å². The first kappa shape index (κ1) is 18.3. The normalized spacial score (nSPS) is 15.2. The van der Waals surface area contributed by atoms with Crippen molar-refractivity contribution in [2.24, 2.45) is 0 Å². The largest absolute Gasteiger partial charge is 0.326 e. The number of hydrogen-bond acceptors (Lipinski definition) is 4. The molecule has 1 aromatic heterocycles. The van der Waals surface area contributed by atoms with Gasteiger partial charge in [0.15, 0.2) is 0 Å². The predicted octanol–water partition coefficient (Wildman–Crippen LogP) is 2.39. The number of carbonyl (C=O) groups is 2. The van der Waals surface area contributed by atoms with Crippen molar-refractivity contribution in [1.29, 1.82) is 0 Å². The number of urea groups is 1. The lowest BCUT2D eigenvalue weighted by atomic mass is 10.1. The first-order chi connectivity index (χ1) is 12.7. The third kappa shape index (κ3) is 5.23. The van der Waals surface area contributed by atoms with Gasteiger partial charge >= 0.3 is 6.03 Å². The van der Waals surface area contributed by atoms with E-state index in [0.29, 0.717) is 25.3 Å². The van der Waals surface area contributed by atoms with Crippen LogP contribution < -0.4 is 10.6 Å². The molecule has 1 aromatic carbocycles. The smallest absolute Gasteiger partial charge is 0.318 e. The van der Waals surface area contributed by atoms with Crippen LogP contribution in [0.2, 0.25) is 0 Å². The van der Waals surface area contributed by atoms with E-state index in [9.17, 15) is 9.59 Å². The van der Waals surface area contributed by atoms with E-state index >= 15 is 0 Å². The maximum atomic E-state index is 12.7. The summed E-state index contributed by atoms with van der Waals surface area (Å²) in [5.41, 5.74) is 0.989. The van der Waals surface area contributed by atoms with Gasteiger partial charge in [-0.3, -0.25) is 4.79 Å². The number of anilines is 1. The predicted molar refractivity (Wildman–Crippen MR) is 104 cm³/mol. The van der Waals surface area contributed by atoms with Gasteiger partial charge in [-0.1, -0.05) is 36.4 Å². The van der Waals surface area contributed by atoms with Gasteiger partial charge in [-0.15, -0.1) is 0 Å². The Morgan fingerprint density at radius 1 is 1.08 bits per heavy atom. The molecule has 1 saturated heterocycles. The highest BCUT2D eigenvalue weighted by atomic mass is 32.2. The standard InChI is InChI=1S/C19H22N4O2S/c24-18(22-17-8-4-5-9-20-17)16(14-15-6-2-1-3-7-15)21-19(25)23-10-12-26-13-11-23/h1-9,16H,10-14H2,(H,21,25)(H,20,22,24)/t16-/m0/s1. The molecule has 1 aliphatic heterocycles. The second-order valence-corrected chi connectivity index (χ2v) is 7.22. The Bertz CT molecular complexity index is 721. The van der Waals surface area contributed by atoms with Crippen LogP contribution in [0.25, 0.3) is 0 Å². The maximum Gasteiger partial charge on any atom is 0.318 e. The summed E-state index contributed by atoms with van der Waals surface area (Å²) in [7, 11) is 0. The zero-order chi connectivity index (χ0) is 18.2. The summed E-state index contributed by atoms with van der Waals surface area (Å²) in [6, 6.07) is 14.1. The lowest BCUT2D eigenvalue weighted by molar-refractivity contribution is -0.118. The van der Waals surface area contributed by atoms with Gasteiger partial charge in [0.2, 0.25) is 5.91 Å². The zero-order valence-electron chi connectivity index (χ0n) is 14.4. The second-order valence-electron chi connectivity index (χ2n) is 6.00. The summed E-state index contributed by atoms with van der Waals surface area (Å²) in [5.74, 6) is 2.06. The number of pyridine rings is 1. The molecule has 2 N–H and O–H groups in total. The molecule has 3 rings (SSSR count). The topological polar surface area (TPSA) is 74.3 Å². The van der Waals surface area contributed by atoms with Crippen molar-refractivity contribution in [1.82, 2.24) is 15.2 Å². The van der Waals surface area contributed by atoms with Gasteiger partial charge in [-0.25, -0.2) is 9.78 Å². The van der Waals surface area contributed by atoms with Crippen molar-refractivity contribution < 1.29 is 9.59 Å². The van der Waals surface area contributed by atoms with E-state index in [4.69, 9.17) is 0 Å². The number of thioether (sulfide) groups is 1. The van der Waals surface area contributed by atoms with Crippen LogP contribution in [0, 0.1) is 0 Å². The van der Waals surface area contributed by atoms with Crippen molar-refractivity contribution in [3.05, 3.63) is 60.3 Å². The summed E-state index contributed by atoms with van der Waals surface area (Å²) >= 11 is 1.84. The Morgan fingerprint density at radius 3 is 2.50 bits per heavy atom. The van der Waals surface area contributed by atoms with Crippen molar-refractivity contribution in [3.8, 4) is 0 Å². The zero-order valence-corrected chi connectivity index (χ0v) is 15.2. The van der Waals surface area contributed by atoms with Gasteiger partial charge in [0.25, 0.3) is 0 Å². The Morgan fingerprint density at radius 2 is 1.81 bits per heavy atom. The molecular weight excluding hydrogens is 348 g/mol. The molecule has 6 nitrogen and oxygen atoms in total. The van der Waals surface area contributed by atoms with Crippen molar-refractivity contribution in [2.45, 2.75) is 12.5 Å². The second kappa shape index (κ2) is 9.24. The molecule has 1 aliphatic rings. The van der Waals surface area contributed by atoms with Crippen molar-refractivity contribution in [2.75, 3.05) is 29.9 Å². The van der Waals surface area contributed by atoms with Gasteiger partial charge in [0.1, 0.15) is 11.9 Å². The van der Waals surface area contributed by atoms with Crippen LogP contribution in [0.1, 0.15) is 5.56 Å². The SMILES string of the molecule is O=C(Nc1ccccn1)[C@H](Cc1ccccc1)NC(=O)N1CCSCC1. The minimum Gasteiger partial charge on any atom is -0.326 e. The van der Waals surface area contributed by atoms with E-state index < -0.39 is 6.04 Å². The molecule has 0 unspecified atom stereocenters. The average molecular weight is 370 g/mol. The minimum atomic E-state index is -0.665. The average Bonchev–Trinajstić information content (AvgIpc) is 2.69. The highest BCUT2D eigenvalue weighted by Gasteiger charge is 2.25. The quantitative estimate of drug-likeness (QED) is 0.848. The van der Waals surface area contributed by atoms with Gasteiger partial charge in [-0.2, -0.15) is 11.8 Å². The third-order valence-electron chi connectivity index (χ3n) is 4.11.